The SMILES string of the molecule is O=C(c1ccc2nonc2c1)N1CCC(c2nc(C(=O)N3CCN(c4cnccn4)CC3)cs2)CC1. The van der Waals surface area contributed by atoms with Gasteiger partial charge in [-0.25, -0.2) is 14.6 Å². The van der Waals surface area contributed by atoms with E-state index in [4.69, 9.17) is 9.61 Å². The fraction of sp³-hybridized carbons (Fsp3) is 0.375. The number of likely N-dealkylation sites (tertiary alicyclic amines) is 1. The number of rotatable bonds is 4. The molecule has 0 spiro atoms. The lowest BCUT2D eigenvalue weighted by atomic mass is 9.97. The third-order valence-corrected chi connectivity index (χ3v) is 7.82. The molecule has 6 rings (SSSR count). The Morgan fingerprint density at radius 1 is 0.917 bits per heavy atom. The Kier molecular flexibility index (Phi) is 6.01. The maximum atomic E-state index is 13.1. The Morgan fingerprint density at radius 2 is 1.69 bits per heavy atom. The zero-order valence-electron chi connectivity index (χ0n) is 19.5. The van der Waals surface area contributed by atoms with Gasteiger partial charge in [-0.1, -0.05) is 0 Å². The van der Waals surface area contributed by atoms with E-state index in [0.29, 0.717) is 61.6 Å². The molecule has 0 aliphatic carbocycles. The third-order valence-electron chi connectivity index (χ3n) is 6.81. The van der Waals surface area contributed by atoms with Crippen molar-refractivity contribution in [1.29, 1.82) is 0 Å². The van der Waals surface area contributed by atoms with Crippen molar-refractivity contribution in [2.24, 2.45) is 0 Å². The van der Waals surface area contributed by atoms with Crippen molar-refractivity contribution in [3.05, 3.63) is 58.4 Å². The van der Waals surface area contributed by atoms with Gasteiger partial charge in [-0.3, -0.25) is 14.6 Å². The molecule has 1 aromatic carbocycles. The van der Waals surface area contributed by atoms with E-state index in [0.717, 1.165) is 23.7 Å². The lowest BCUT2D eigenvalue weighted by molar-refractivity contribution is 0.0713. The van der Waals surface area contributed by atoms with Gasteiger partial charge in [0.1, 0.15) is 22.5 Å². The highest BCUT2D eigenvalue weighted by Gasteiger charge is 2.29. The average Bonchev–Trinajstić information content (AvgIpc) is 3.63. The molecule has 2 aliphatic heterocycles. The van der Waals surface area contributed by atoms with Crippen LogP contribution in [0, 0.1) is 0 Å². The van der Waals surface area contributed by atoms with Crippen molar-refractivity contribution in [2.45, 2.75) is 18.8 Å². The number of fused-ring (bicyclic) bond motifs is 1. The summed E-state index contributed by atoms with van der Waals surface area (Å²) in [5.74, 6) is 1.04. The number of nitrogens with zero attached hydrogens (tertiary/aromatic N) is 8. The molecule has 0 radical (unpaired) electrons. The lowest BCUT2D eigenvalue weighted by Gasteiger charge is -2.34. The van der Waals surface area contributed by atoms with Crippen LogP contribution >= 0.6 is 11.3 Å². The minimum atomic E-state index is -0.0263. The zero-order valence-corrected chi connectivity index (χ0v) is 20.3. The maximum Gasteiger partial charge on any atom is 0.273 e. The third kappa shape index (κ3) is 4.39. The van der Waals surface area contributed by atoms with Gasteiger partial charge < -0.3 is 14.7 Å². The van der Waals surface area contributed by atoms with Gasteiger partial charge in [-0.15, -0.1) is 11.3 Å². The molecule has 12 heteroatoms. The van der Waals surface area contributed by atoms with Gasteiger partial charge in [0.05, 0.1) is 11.2 Å². The van der Waals surface area contributed by atoms with E-state index in [1.54, 1.807) is 36.8 Å². The first-order valence-electron chi connectivity index (χ1n) is 11.9. The molecule has 11 nitrogen and oxygen atoms in total. The molecule has 3 aromatic heterocycles. The number of thiazole rings is 1. The van der Waals surface area contributed by atoms with E-state index in [-0.39, 0.29) is 17.7 Å². The molecular formula is C24H24N8O3S. The highest BCUT2D eigenvalue weighted by molar-refractivity contribution is 7.09. The van der Waals surface area contributed by atoms with Crippen LogP contribution in [0.4, 0.5) is 5.82 Å². The number of anilines is 1. The van der Waals surface area contributed by atoms with E-state index in [1.165, 1.54) is 11.3 Å². The average molecular weight is 505 g/mol. The second kappa shape index (κ2) is 9.61. The molecule has 0 atom stereocenters. The minimum absolute atomic E-state index is 0.0195. The number of benzene rings is 1. The minimum Gasteiger partial charge on any atom is -0.352 e. The smallest absolute Gasteiger partial charge is 0.273 e. The van der Waals surface area contributed by atoms with Gasteiger partial charge in [0.15, 0.2) is 0 Å². The number of aromatic nitrogens is 5. The molecule has 4 aromatic rings. The van der Waals surface area contributed by atoms with Crippen LogP contribution in [0.15, 0.2) is 46.8 Å². The summed E-state index contributed by atoms with van der Waals surface area (Å²) in [6.45, 7) is 3.97. The second-order valence-electron chi connectivity index (χ2n) is 8.95. The van der Waals surface area contributed by atoms with Crippen LogP contribution < -0.4 is 4.90 Å². The lowest BCUT2D eigenvalue weighted by Crippen LogP contribution is -2.49. The zero-order chi connectivity index (χ0) is 24.5. The monoisotopic (exact) mass is 504 g/mol. The number of hydrogen-bond donors (Lipinski definition) is 0. The number of piperidine rings is 1. The number of hydrogen-bond acceptors (Lipinski definition) is 10. The first-order chi connectivity index (χ1) is 17.7. The van der Waals surface area contributed by atoms with Crippen molar-refractivity contribution in [3.8, 4) is 0 Å². The van der Waals surface area contributed by atoms with E-state index in [2.05, 4.69) is 25.2 Å². The summed E-state index contributed by atoms with van der Waals surface area (Å²) in [5, 5.41) is 10.4. The molecule has 0 bridgehead atoms. The molecule has 2 saturated heterocycles. The Balaban J connectivity index is 1.04. The summed E-state index contributed by atoms with van der Waals surface area (Å²) in [5.41, 5.74) is 2.30. The van der Waals surface area contributed by atoms with Gasteiger partial charge in [0, 0.05) is 68.5 Å². The summed E-state index contributed by atoms with van der Waals surface area (Å²) in [6.07, 6.45) is 6.71. The molecule has 2 aliphatic rings. The van der Waals surface area contributed by atoms with Crippen molar-refractivity contribution >= 4 is 40.0 Å². The van der Waals surface area contributed by atoms with Crippen molar-refractivity contribution in [2.75, 3.05) is 44.2 Å². The fourth-order valence-corrected chi connectivity index (χ4v) is 5.72. The molecular weight excluding hydrogens is 480 g/mol. The van der Waals surface area contributed by atoms with Crippen LogP contribution in [0.1, 0.15) is 44.6 Å². The fourth-order valence-electron chi connectivity index (χ4n) is 4.76. The predicted octanol–water partition coefficient (Wildman–Crippen LogP) is 2.45. The van der Waals surface area contributed by atoms with Gasteiger partial charge >= 0.3 is 0 Å². The molecule has 5 heterocycles. The van der Waals surface area contributed by atoms with E-state index < -0.39 is 0 Å². The van der Waals surface area contributed by atoms with Crippen molar-refractivity contribution < 1.29 is 14.2 Å². The molecule has 36 heavy (non-hydrogen) atoms. The summed E-state index contributed by atoms with van der Waals surface area (Å²) < 4.78 is 4.72. The maximum absolute atomic E-state index is 13.1. The Bertz CT molecular complexity index is 1370. The Hall–Kier alpha value is -3.93. The Morgan fingerprint density at radius 3 is 2.47 bits per heavy atom. The van der Waals surface area contributed by atoms with Crippen LogP contribution in [0.3, 0.4) is 0 Å². The number of carbonyl (C=O) groups is 2. The van der Waals surface area contributed by atoms with Crippen LogP contribution in [0.25, 0.3) is 11.0 Å². The van der Waals surface area contributed by atoms with Gasteiger partial charge in [-0.2, -0.15) is 0 Å². The van der Waals surface area contributed by atoms with E-state index >= 15 is 0 Å². The molecule has 0 N–H and O–H groups in total. The summed E-state index contributed by atoms with van der Waals surface area (Å²) in [4.78, 5) is 45.1. The number of amides is 2. The summed E-state index contributed by atoms with van der Waals surface area (Å²) >= 11 is 1.54. The number of carbonyl (C=O) groups excluding carboxylic acids is 2. The van der Waals surface area contributed by atoms with Crippen LogP contribution in [-0.2, 0) is 0 Å². The van der Waals surface area contributed by atoms with E-state index in [1.807, 2.05) is 15.2 Å². The molecule has 0 unspecified atom stereocenters. The van der Waals surface area contributed by atoms with Gasteiger partial charge in [0.2, 0.25) is 0 Å². The van der Waals surface area contributed by atoms with Crippen molar-refractivity contribution in [1.82, 2.24) is 35.1 Å². The van der Waals surface area contributed by atoms with Crippen LogP contribution in [0.5, 0.6) is 0 Å². The largest absolute Gasteiger partial charge is 0.352 e. The Labute approximate surface area is 210 Å². The second-order valence-corrected chi connectivity index (χ2v) is 9.84. The van der Waals surface area contributed by atoms with Crippen LogP contribution in [0.2, 0.25) is 0 Å². The highest BCUT2D eigenvalue weighted by Crippen LogP contribution is 2.31. The highest BCUT2D eigenvalue weighted by atomic mass is 32.1. The van der Waals surface area contributed by atoms with Crippen molar-refractivity contribution in [3.63, 3.8) is 0 Å². The summed E-state index contributed by atoms with van der Waals surface area (Å²) in [7, 11) is 0. The standard InChI is InChI=1S/C24H24N8O3S/c33-23(17-1-2-18-19(13-17)29-35-28-18)31-7-3-16(4-8-31)22-27-20(15-36-22)24(34)32-11-9-30(10-12-32)21-14-25-5-6-26-21/h1-2,5-6,13-16H,3-4,7-12H2. The normalized spacial score (nSPS) is 17.1. The molecule has 2 amide bonds. The van der Waals surface area contributed by atoms with Gasteiger partial charge in [0.25, 0.3) is 11.8 Å². The first kappa shape index (κ1) is 22.5. The summed E-state index contributed by atoms with van der Waals surface area (Å²) in [6, 6.07) is 5.22. The number of piperazine rings is 1. The van der Waals surface area contributed by atoms with Crippen LogP contribution in [-0.4, -0.2) is 86.1 Å². The van der Waals surface area contributed by atoms with Gasteiger partial charge in [-0.05, 0) is 41.4 Å². The predicted molar refractivity (Wildman–Crippen MR) is 132 cm³/mol. The topological polar surface area (TPSA) is 121 Å². The molecule has 184 valence electrons. The molecule has 0 saturated carbocycles. The quantitative estimate of drug-likeness (QED) is 0.412. The molecule has 2 fully saturated rings. The van der Waals surface area contributed by atoms with E-state index in [9.17, 15) is 9.59 Å². The first-order valence-corrected chi connectivity index (χ1v) is 12.8.